The van der Waals surface area contributed by atoms with Gasteiger partial charge in [0.05, 0.1) is 5.52 Å². The number of ether oxygens (including phenoxy) is 1. The third kappa shape index (κ3) is 3.59. The monoisotopic (exact) mass is 364 g/mol. The lowest BCUT2D eigenvalue weighted by Gasteiger charge is -2.32. The molecule has 0 unspecified atom stereocenters. The first-order valence-corrected chi connectivity index (χ1v) is 8.80. The van der Waals surface area contributed by atoms with Gasteiger partial charge in [-0.15, -0.1) is 0 Å². The third-order valence-corrected chi connectivity index (χ3v) is 4.63. The van der Waals surface area contributed by atoms with Gasteiger partial charge in [-0.1, -0.05) is 12.1 Å². The highest BCUT2D eigenvalue weighted by molar-refractivity contribution is 5.91. The molecule has 4 rings (SSSR count). The van der Waals surface area contributed by atoms with Crippen molar-refractivity contribution in [3.8, 4) is 5.75 Å². The van der Waals surface area contributed by atoms with E-state index in [0.717, 1.165) is 36.8 Å². The maximum absolute atomic E-state index is 11.2. The van der Waals surface area contributed by atoms with E-state index >= 15 is 0 Å². The topological polar surface area (TPSA) is 120 Å². The number of nitrogen functional groups attached to an aromatic ring is 1. The summed E-state index contributed by atoms with van der Waals surface area (Å²) in [5.41, 5.74) is 12.4. The van der Waals surface area contributed by atoms with Crippen molar-refractivity contribution in [2.24, 2.45) is 5.73 Å². The van der Waals surface area contributed by atoms with Crippen LogP contribution in [0.4, 0.5) is 11.8 Å². The molecule has 1 fully saturated rings. The van der Waals surface area contributed by atoms with E-state index in [2.05, 4.69) is 19.9 Å². The van der Waals surface area contributed by atoms with Gasteiger partial charge in [0.15, 0.2) is 0 Å². The molecule has 27 heavy (non-hydrogen) atoms. The number of pyridine rings is 1. The lowest BCUT2D eigenvalue weighted by molar-refractivity contribution is 0.0994. The zero-order chi connectivity index (χ0) is 18.8. The van der Waals surface area contributed by atoms with E-state index in [1.807, 2.05) is 24.3 Å². The van der Waals surface area contributed by atoms with Gasteiger partial charge in [-0.2, -0.15) is 4.98 Å². The Balaban J connectivity index is 1.43. The molecule has 1 aromatic carbocycles. The highest BCUT2D eigenvalue weighted by Crippen LogP contribution is 2.25. The SMILES string of the molecule is NC(=O)c1cc(OC2CCN(c3nc(N)c4ccccc4n3)CC2)ccn1. The van der Waals surface area contributed by atoms with Crippen LogP contribution in [0.2, 0.25) is 0 Å². The molecular weight excluding hydrogens is 344 g/mol. The van der Waals surface area contributed by atoms with Gasteiger partial charge in [0, 0.05) is 43.6 Å². The molecule has 1 amide bonds. The number of benzene rings is 1. The number of fused-ring (bicyclic) bond motifs is 1. The number of amides is 1. The zero-order valence-electron chi connectivity index (χ0n) is 14.7. The Morgan fingerprint density at radius 2 is 1.93 bits per heavy atom. The number of hydrogen-bond acceptors (Lipinski definition) is 7. The summed E-state index contributed by atoms with van der Waals surface area (Å²) < 4.78 is 5.98. The number of piperidine rings is 1. The fourth-order valence-electron chi connectivity index (χ4n) is 3.22. The first kappa shape index (κ1) is 17.0. The molecule has 3 heterocycles. The predicted molar refractivity (Wildman–Crippen MR) is 103 cm³/mol. The van der Waals surface area contributed by atoms with Gasteiger partial charge >= 0.3 is 0 Å². The minimum atomic E-state index is -0.568. The Hall–Kier alpha value is -3.42. The van der Waals surface area contributed by atoms with Crippen molar-refractivity contribution >= 4 is 28.6 Å². The van der Waals surface area contributed by atoms with Crippen LogP contribution >= 0.6 is 0 Å². The van der Waals surface area contributed by atoms with E-state index in [4.69, 9.17) is 16.2 Å². The molecule has 3 aromatic rings. The van der Waals surface area contributed by atoms with Gasteiger partial charge in [0.2, 0.25) is 5.95 Å². The van der Waals surface area contributed by atoms with Crippen LogP contribution < -0.4 is 21.1 Å². The van der Waals surface area contributed by atoms with Crippen LogP contribution in [0.3, 0.4) is 0 Å². The number of carbonyl (C=O) groups is 1. The first-order chi connectivity index (χ1) is 13.1. The second-order valence-corrected chi connectivity index (χ2v) is 6.47. The second-order valence-electron chi connectivity index (χ2n) is 6.47. The van der Waals surface area contributed by atoms with Gasteiger partial charge in [0.25, 0.3) is 5.91 Å². The van der Waals surface area contributed by atoms with Crippen molar-refractivity contribution in [2.45, 2.75) is 18.9 Å². The fourth-order valence-corrected chi connectivity index (χ4v) is 3.22. The molecule has 138 valence electrons. The minimum absolute atomic E-state index is 0.0437. The maximum atomic E-state index is 11.2. The molecule has 0 atom stereocenters. The fraction of sp³-hybridized carbons (Fsp3) is 0.263. The van der Waals surface area contributed by atoms with Crippen LogP contribution in [0.15, 0.2) is 42.6 Å². The van der Waals surface area contributed by atoms with Crippen molar-refractivity contribution in [1.82, 2.24) is 15.0 Å². The van der Waals surface area contributed by atoms with Crippen LogP contribution in [0.25, 0.3) is 10.9 Å². The normalized spacial score (nSPS) is 15.0. The highest BCUT2D eigenvalue weighted by Gasteiger charge is 2.23. The number of aromatic nitrogens is 3. The molecule has 2 aromatic heterocycles. The number of anilines is 2. The predicted octanol–water partition coefficient (Wildman–Crippen LogP) is 1.75. The molecule has 1 aliphatic heterocycles. The van der Waals surface area contributed by atoms with Gasteiger partial charge in [-0.3, -0.25) is 9.78 Å². The van der Waals surface area contributed by atoms with Gasteiger partial charge < -0.3 is 21.1 Å². The van der Waals surface area contributed by atoms with Crippen LogP contribution in [-0.4, -0.2) is 40.1 Å². The van der Waals surface area contributed by atoms with Crippen LogP contribution in [-0.2, 0) is 0 Å². The number of nitrogens with two attached hydrogens (primary N) is 2. The molecule has 0 radical (unpaired) electrons. The molecule has 0 spiro atoms. The molecule has 0 bridgehead atoms. The molecule has 8 nitrogen and oxygen atoms in total. The molecular formula is C19H20N6O2. The average Bonchev–Trinajstić information content (AvgIpc) is 2.69. The molecule has 1 aliphatic rings. The maximum Gasteiger partial charge on any atom is 0.267 e. The Bertz CT molecular complexity index is 985. The third-order valence-electron chi connectivity index (χ3n) is 4.63. The van der Waals surface area contributed by atoms with E-state index < -0.39 is 5.91 Å². The minimum Gasteiger partial charge on any atom is -0.490 e. The summed E-state index contributed by atoms with van der Waals surface area (Å²) >= 11 is 0. The summed E-state index contributed by atoms with van der Waals surface area (Å²) in [6, 6.07) is 11.0. The van der Waals surface area contributed by atoms with Crippen LogP contribution in [0, 0.1) is 0 Å². The van der Waals surface area contributed by atoms with Crippen molar-refractivity contribution in [1.29, 1.82) is 0 Å². The lowest BCUT2D eigenvalue weighted by atomic mass is 10.1. The van der Waals surface area contributed by atoms with E-state index in [1.54, 1.807) is 12.1 Å². The van der Waals surface area contributed by atoms with Gasteiger partial charge in [-0.25, -0.2) is 4.98 Å². The van der Waals surface area contributed by atoms with E-state index in [-0.39, 0.29) is 11.8 Å². The summed E-state index contributed by atoms with van der Waals surface area (Å²) in [7, 11) is 0. The summed E-state index contributed by atoms with van der Waals surface area (Å²) in [6.07, 6.45) is 3.19. The van der Waals surface area contributed by atoms with Crippen molar-refractivity contribution in [2.75, 3.05) is 23.7 Å². The van der Waals surface area contributed by atoms with Crippen molar-refractivity contribution < 1.29 is 9.53 Å². The number of carbonyl (C=O) groups excluding carboxylic acids is 1. The lowest BCUT2D eigenvalue weighted by Crippen LogP contribution is -2.39. The number of para-hydroxylation sites is 1. The largest absolute Gasteiger partial charge is 0.490 e. The summed E-state index contributed by atoms with van der Waals surface area (Å²) in [5, 5.41) is 0.863. The smallest absolute Gasteiger partial charge is 0.267 e. The average molecular weight is 364 g/mol. The summed E-state index contributed by atoms with van der Waals surface area (Å²) in [4.78, 5) is 26.4. The first-order valence-electron chi connectivity index (χ1n) is 8.80. The molecule has 0 aliphatic carbocycles. The van der Waals surface area contributed by atoms with Crippen LogP contribution in [0.5, 0.6) is 5.75 Å². The van der Waals surface area contributed by atoms with Gasteiger partial charge in [0.1, 0.15) is 23.4 Å². The Kier molecular flexibility index (Phi) is 4.45. The van der Waals surface area contributed by atoms with E-state index in [0.29, 0.717) is 17.5 Å². The number of nitrogens with zero attached hydrogens (tertiary/aromatic N) is 4. The Morgan fingerprint density at radius 1 is 1.15 bits per heavy atom. The second kappa shape index (κ2) is 7.06. The molecule has 1 saturated heterocycles. The Labute approximate surface area is 156 Å². The Morgan fingerprint density at radius 3 is 2.70 bits per heavy atom. The summed E-state index contributed by atoms with van der Waals surface area (Å²) in [5.74, 6) is 1.17. The van der Waals surface area contributed by atoms with E-state index in [9.17, 15) is 4.79 Å². The summed E-state index contributed by atoms with van der Waals surface area (Å²) in [6.45, 7) is 1.52. The van der Waals surface area contributed by atoms with Crippen molar-refractivity contribution in [3.05, 3.63) is 48.3 Å². The molecule has 8 heteroatoms. The standard InChI is InChI=1S/C19H20N6O2/c20-17-14-3-1-2-4-15(14)23-19(24-17)25-9-6-12(7-10-25)27-13-5-8-22-16(11-13)18(21)26/h1-5,8,11-12H,6-7,9-10H2,(H2,21,26)(H2,20,23,24). The number of primary amides is 1. The highest BCUT2D eigenvalue weighted by atomic mass is 16.5. The number of hydrogen-bond donors (Lipinski definition) is 2. The van der Waals surface area contributed by atoms with Crippen molar-refractivity contribution in [3.63, 3.8) is 0 Å². The van der Waals surface area contributed by atoms with E-state index in [1.165, 1.54) is 6.20 Å². The van der Waals surface area contributed by atoms with Gasteiger partial charge in [-0.05, 0) is 18.2 Å². The van der Waals surface area contributed by atoms with Crippen LogP contribution in [0.1, 0.15) is 23.3 Å². The molecule has 0 saturated carbocycles. The molecule has 4 N–H and O–H groups in total. The number of rotatable bonds is 4. The zero-order valence-corrected chi connectivity index (χ0v) is 14.7. The quantitative estimate of drug-likeness (QED) is 0.723.